The van der Waals surface area contributed by atoms with E-state index in [4.69, 9.17) is 0 Å². The summed E-state index contributed by atoms with van der Waals surface area (Å²) in [6.07, 6.45) is 0.228. The van der Waals surface area contributed by atoms with Gasteiger partial charge in [0.05, 0.1) is 13.0 Å². The predicted molar refractivity (Wildman–Crippen MR) is 44.2 cm³/mol. The predicted octanol–water partition coefficient (Wildman–Crippen LogP) is 0.232. The van der Waals surface area contributed by atoms with Gasteiger partial charge in [-0.05, 0) is 6.92 Å². The maximum Gasteiger partial charge on any atom is 0.307 e. The molecule has 0 atom stereocenters. The Morgan fingerprint density at radius 3 is 2.50 bits per heavy atom. The van der Waals surface area contributed by atoms with Gasteiger partial charge < -0.3 is 9.64 Å². The number of amides is 1. The fourth-order valence-electron chi connectivity index (χ4n) is 0.617. The summed E-state index contributed by atoms with van der Waals surface area (Å²) in [6.45, 7) is 5.68. The van der Waals surface area contributed by atoms with Gasteiger partial charge in [-0.25, -0.2) is 0 Å². The monoisotopic (exact) mass is 172 g/mol. The van der Waals surface area contributed by atoms with Crippen LogP contribution in [-0.2, 0) is 14.3 Å². The molecule has 0 fully saturated rings. The molecule has 1 amide bonds. The molecular weight excluding hydrogens is 158 g/mol. The summed E-state index contributed by atoms with van der Waals surface area (Å²) in [6, 6.07) is 0. The average Bonchev–Trinajstić information content (AvgIpc) is 2.00. The third kappa shape index (κ3) is 4.71. The van der Waals surface area contributed by atoms with Crippen molar-refractivity contribution in [3.63, 3.8) is 0 Å². The van der Waals surface area contributed by atoms with Crippen LogP contribution in [0.15, 0.2) is 0 Å². The van der Waals surface area contributed by atoms with Crippen molar-refractivity contribution in [2.24, 2.45) is 0 Å². The Balaban J connectivity index is 3.54. The van der Waals surface area contributed by atoms with E-state index in [2.05, 4.69) is 11.7 Å². The Bertz CT molecular complexity index is 168. The van der Waals surface area contributed by atoms with Crippen molar-refractivity contribution < 1.29 is 14.3 Å². The van der Waals surface area contributed by atoms with Gasteiger partial charge in [-0.15, -0.1) is 0 Å². The van der Waals surface area contributed by atoms with Gasteiger partial charge in [0.2, 0.25) is 5.91 Å². The van der Waals surface area contributed by atoms with Crippen LogP contribution in [0.5, 0.6) is 0 Å². The summed E-state index contributed by atoms with van der Waals surface area (Å²) < 4.78 is 4.67. The van der Waals surface area contributed by atoms with Gasteiger partial charge in [0.25, 0.3) is 0 Å². The third-order valence-corrected chi connectivity index (χ3v) is 1.38. The molecule has 0 saturated heterocycles. The second kappa shape index (κ2) is 5.57. The first kappa shape index (κ1) is 10.9. The number of carbonyl (C=O) groups is 2. The van der Waals surface area contributed by atoms with Crippen LogP contribution < -0.4 is 0 Å². The molecule has 0 aromatic heterocycles. The Labute approximate surface area is 72.5 Å². The quantitative estimate of drug-likeness (QED) is 0.570. The highest BCUT2D eigenvalue weighted by atomic mass is 16.5. The lowest BCUT2D eigenvalue weighted by Crippen LogP contribution is -2.27. The number of rotatable bonds is 4. The zero-order valence-corrected chi connectivity index (χ0v) is 7.50. The van der Waals surface area contributed by atoms with Gasteiger partial charge in [0.15, 0.2) is 0 Å². The molecule has 0 bridgehead atoms. The van der Waals surface area contributed by atoms with Gasteiger partial charge in [-0.2, -0.15) is 0 Å². The third-order valence-electron chi connectivity index (χ3n) is 1.38. The van der Waals surface area contributed by atoms with Crippen molar-refractivity contribution in [3.05, 3.63) is 6.92 Å². The molecule has 0 aromatic carbocycles. The van der Waals surface area contributed by atoms with Crippen LogP contribution in [0.25, 0.3) is 0 Å². The molecule has 4 heteroatoms. The first-order valence-electron chi connectivity index (χ1n) is 3.80. The zero-order valence-electron chi connectivity index (χ0n) is 7.50. The summed E-state index contributed by atoms with van der Waals surface area (Å²) in [7, 11) is 1.59. The lowest BCUT2D eigenvalue weighted by Gasteiger charge is -2.13. The van der Waals surface area contributed by atoms with Crippen LogP contribution in [0.1, 0.15) is 13.3 Å². The van der Waals surface area contributed by atoms with Crippen molar-refractivity contribution >= 4 is 11.9 Å². The summed E-state index contributed by atoms with van der Waals surface area (Å²) in [5, 5.41) is 0. The molecule has 0 spiro atoms. The first-order valence-corrected chi connectivity index (χ1v) is 3.80. The van der Waals surface area contributed by atoms with Crippen LogP contribution >= 0.6 is 0 Å². The molecular formula is C8H14NO3. The number of hydrogen-bond donors (Lipinski definition) is 0. The minimum Gasteiger partial charge on any atom is -0.466 e. The SMILES string of the molecule is [CH2]C(=O)N(C)CCC(=O)OCC. The van der Waals surface area contributed by atoms with E-state index in [1.54, 1.807) is 14.0 Å². The zero-order chi connectivity index (χ0) is 9.56. The lowest BCUT2D eigenvalue weighted by molar-refractivity contribution is -0.143. The normalized spacial score (nSPS) is 9.25. The standard InChI is InChI=1S/C8H14NO3/c1-4-12-8(11)5-6-9(3)7(2)10/h2,4-6H2,1,3H3. The average molecular weight is 172 g/mol. The van der Waals surface area contributed by atoms with Gasteiger partial charge >= 0.3 is 5.97 Å². The first-order chi connectivity index (χ1) is 5.57. The molecule has 0 rings (SSSR count). The lowest BCUT2D eigenvalue weighted by atomic mass is 10.4. The molecule has 0 saturated carbocycles. The van der Waals surface area contributed by atoms with Gasteiger partial charge in [-0.1, -0.05) is 0 Å². The van der Waals surface area contributed by atoms with E-state index in [0.717, 1.165) is 0 Å². The highest BCUT2D eigenvalue weighted by Crippen LogP contribution is 1.90. The van der Waals surface area contributed by atoms with Crippen molar-refractivity contribution in [2.45, 2.75) is 13.3 Å². The maximum absolute atomic E-state index is 10.8. The number of esters is 1. The highest BCUT2D eigenvalue weighted by molar-refractivity contribution is 5.80. The maximum atomic E-state index is 10.8. The van der Waals surface area contributed by atoms with Crippen LogP contribution in [0.3, 0.4) is 0 Å². The van der Waals surface area contributed by atoms with Crippen LogP contribution in [0.2, 0.25) is 0 Å². The largest absolute Gasteiger partial charge is 0.466 e. The Hall–Kier alpha value is -1.06. The number of carbonyl (C=O) groups excluding carboxylic acids is 2. The number of ether oxygens (including phenoxy) is 1. The second-order valence-corrected chi connectivity index (χ2v) is 2.37. The highest BCUT2D eigenvalue weighted by Gasteiger charge is 2.06. The van der Waals surface area contributed by atoms with Gasteiger partial charge in [-0.3, -0.25) is 9.59 Å². The van der Waals surface area contributed by atoms with Crippen molar-refractivity contribution in [3.8, 4) is 0 Å². The molecule has 4 nitrogen and oxygen atoms in total. The van der Waals surface area contributed by atoms with Crippen LogP contribution in [-0.4, -0.2) is 37.0 Å². The van der Waals surface area contributed by atoms with E-state index in [-0.39, 0.29) is 18.3 Å². The molecule has 0 aliphatic heterocycles. The minimum absolute atomic E-state index is 0.228. The summed E-state index contributed by atoms with van der Waals surface area (Å²) in [5.41, 5.74) is 0. The number of nitrogens with zero attached hydrogens (tertiary/aromatic N) is 1. The number of hydrogen-bond acceptors (Lipinski definition) is 3. The van der Waals surface area contributed by atoms with Crippen LogP contribution in [0, 0.1) is 6.92 Å². The molecule has 1 radical (unpaired) electrons. The van der Waals surface area contributed by atoms with E-state index in [9.17, 15) is 9.59 Å². The van der Waals surface area contributed by atoms with Crippen molar-refractivity contribution in [1.82, 2.24) is 4.90 Å². The fraction of sp³-hybridized carbons (Fsp3) is 0.625. The Morgan fingerprint density at radius 1 is 1.50 bits per heavy atom. The van der Waals surface area contributed by atoms with Crippen molar-refractivity contribution in [2.75, 3.05) is 20.2 Å². The molecule has 69 valence electrons. The van der Waals surface area contributed by atoms with E-state index >= 15 is 0 Å². The molecule has 12 heavy (non-hydrogen) atoms. The molecule has 0 aliphatic carbocycles. The van der Waals surface area contributed by atoms with Gasteiger partial charge in [0.1, 0.15) is 0 Å². The molecule has 0 aliphatic rings. The smallest absolute Gasteiger partial charge is 0.307 e. The molecule has 0 aromatic rings. The molecule has 0 heterocycles. The molecule has 0 N–H and O–H groups in total. The fourth-order valence-corrected chi connectivity index (χ4v) is 0.617. The van der Waals surface area contributed by atoms with E-state index in [1.807, 2.05) is 0 Å². The summed E-state index contributed by atoms with van der Waals surface area (Å²) in [5.74, 6) is -0.579. The van der Waals surface area contributed by atoms with Gasteiger partial charge in [0, 0.05) is 20.5 Å². The van der Waals surface area contributed by atoms with E-state index in [1.165, 1.54) is 4.90 Å². The minimum atomic E-state index is -0.292. The summed E-state index contributed by atoms with van der Waals surface area (Å²) in [4.78, 5) is 22.7. The summed E-state index contributed by atoms with van der Waals surface area (Å²) >= 11 is 0. The topological polar surface area (TPSA) is 46.6 Å². The second-order valence-electron chi connectivity index (χ2n) is 2.37. The van der Waals surface area contributed by atoms with E-state index in [0.29, 0.717) is 13.2 Å². The Kier molecular flexibility index (Phi) is 5.08. The van der Waals surface area contributed by atoms with Crippen molar-refractivity contribution in [1.29, 1.82) is 0 Å². The molecule has 0 unspecified atom stereocenters. The van der Waals surface area contributed by atoms with Crippen LogP contribution in [0.4, 0.5) is 0 Å². The van der Waals surface area contributed by atoms with E-state index < -0.39 is 0 Å². The Morgan fingerprint density at radius 2 is 2.08 bits per heavy atom.